The van der Waals surface area contributed by atoms with Crippen molar-refractivity contribution >= 4 is 23.7 Å². The van der Waals surface area contributed by atoms with Crippen molar-refractivity contribution in [2.75, 3.05) is 7.05 Å². The minimum Gasteiger partial charge on any atom is -0.341 e. The van der Waals surface area contributed by atoms with Crippen LogP contribution in [-0.4, -0.2) is 24.2 Å². The number of aryl methyl sites for hydroxylation is 2. The third kappa shape index (κ3) is 3.76. The van der Waals surface area contributed by atoms with Crippen molar-refractivity contribution < 1.29 is 9.59 Å². The monoisotopic (exact) mass is 294 g/mol. The molecule has 0 aliphatic carbocycles. The fourth-order valence-electron chi connectivity index (χ4n) is 1.86. The molecule has 0 aromatic heterocycles. The summed E-state index contributed by atoms with van der Waals surface area (Å²) in [4.78, 5) is 24.2. The smallest absolute Gasteiger partial charge is 0.321 e. The van der Waals surface area contributed by atoms with Crippen LogP contribution in [0.1, 0.15) is 29.2 Å². The molecule has 0 radical (unpaired) electrons. The van der Waals surface area contributed by atoms with E-state index >= 15 is 0 Å². The van der Waals surface area contributed by atoms with E-state index in [4.69, 9.17) is 0 Å². The number of nitrogens with one attached hydrogen (secondary N) is 2. The second-order valence-electron chi connectivity index (χ2n) is 4.92. The Hall–Kier alpha value is -1.49. The summed E-state index contributed by atoms with van der Waals surface area (Å²) < 4.78 is 0. The molecule has 5 heteroatoms. The predicted molar refractivity (Wildman–Crippen MR) is 83.3 cm³/mol. The maximum Gasteiger partial charge on any atom is 0.321 e. The Labute approximate surface area is 124 Å². The lowest BCUT2D eigenvalue weighted by Gasteiger charge is -2.18. The van der Waals surface area contributed by atoms with Crippen LogP contribution < -0.4 is 10.6 Å². The SMILES string of the molecule is CNC(=O)NC(=O)[C@@H](C)Sc1c(C)c(C)cc(C)c1C. The highest BCUT2D eigenvalue weighted by Crippen LogP contribution is 2.33. The van der Waals surface area contributed by atoms with Gasteiger partial charge in [0, 0.05) is 11.9 Å². The minimum absolute atomic E-state index is 0.285. The van der Waals surface area contributed by atoms with Crippen LogP contribution in [0.15, 0.2) is 11.0 Å². The van der Waals surface area contributed by atoms with Crippen LogP contribution in [0.2, 0.25) is 0 Å². The lowest BCUT2D eigenvalue weighted by molar-refractivity contribution is -0.119. The summed E-state index contributed by atoms with van der Waals surface area (Å²) >= 11 is 1.49. The normalized spacial score (nSPS) is 11.9. The van der Waals surface area contributed by atoms with Gasteiger partial charge in [-0.25, -0.2) is 4.79 Å². The molecule has 1 atom stereocenters. The number of thioether (sulfide) groups is 1. The molecule has 0 bridgehead atoms. The Morgan fingerprint density at radius 2 is 1.60 bits per heavy atom. The number of benzene rings is 1. The van der Waals surface area contributed by atoms with E-state index in [1.165, 1.54) is 41.1 Å². The summed E-state index contributed by atoms with van der Waals surface area (Å²) in [6.45, 7) is 10.1. The Kier molecular flexibility index (Phi) is 5.62. The van der Waals surface area contributed by atoms with Gasteiger partial charge in [-0.1, -0.05) is 6.07 Å². The first-order valence-corrected chi connectivity index (χ1v) is 7.42. The molecule has 0 saturated heterocycles. The lowest BCUT2D eigenvalue weighted by Crippen LogP contribution is -2.41. The molecule has 0 aliphatic heterocycles. The second kappa shape index (κ2) is 6.79. The summed E-state index contributed by atoms with van der Waals surface area (Å²) in [7, 11) is 1.48. The first kappa shape index (κ1) is 16.6. The van der Waals surface area contributed by atoms with E-state index < -0.39 is 6.03 Å². The first-order valence-electron chi connectivity index (χ1n) is 6.54. The van der Waals surface area contributed by atoms with Crippen molar-refractivity contribution in [3.8, 4) is 0 Å². The fraction of sp³-hybridized carbons (Fsp3) is 0.467. The van der Waals surface area contributed by atoms with Crippen molar-refractivity contribution in [3.05, 3.63) is 28.3 Å². The third-order valence-corrected chi connectivity index (χ3v) is 4.84. The Morgan fingerprint density at radius 3 is 2.05 bits per heavy atom. The van der Waals surface area contributed by atoms with Crippen LogP contribution in [-0.2, 0) is 4.79 Å². The van der Waals surface area contributed by atoms with Crippen LogP contribution in [0.4, 0.5) is 4.79 Å². The summed E-state index contributed by atoms with van der Waals surface area (Å²) in [5.41, 5.74) is 4.82. The molecule has 0 fully saturated rings. The molecule has 110 valence electrons. The molecule has 4 nitrogen and oxygen atoms in total. The number of urea groups is 1. The number of rotatable bonds is 3. The summed E-state index contributed by atoms with van der Waals surface area (Å²) in [5.74, 6) is -0.285. The van der Waals surface area contributed by atoms with Gasteiger partial charge in [-0.05, 0) is 56.9 Å². The zero-order valence-corrected chi connectivity index (χ0v) is 13.7. The van der Waals surface area contributed by atoms with Crippen molar-refractivity contribution in [2.45, 2.75) is 44.8 Å². The van der Waals surface area contributed by atoms with Gasteiger partial charge in [0.2, 0.25) is 5.91 Å². The molecular formula is C15H22N2O2S. The maximum atomic E-state index is 11.9. The molecule has 1 rings (SSSR count). The van der Waals surface area contributed by atoms with Crippen LogP contribution in [0.5, 0.6) is 0 Å². The number of hydrogen-bond donors (Lipinski definition) is 2. The number of amides is 3. The van der Waals surface area contributed by atoms with Gasteiger partial charge in [-0.15, -0.1) is 11.8 Å². The standard InChI is InChI=1S/C15H22N2O2S/c1-8-7-9(2)11(4)13(10(8)3)20-12(5)14(18)17-15(19)16-6/h7,12H,1-6H3,(H2,16,17,18,19)/t12-/m1/s1. The maximum absolute atomic E-state index is 11.9. The predicted octanol–water partition coefficient (Wildman–Crippen LogP) is 2.86. The first-order chi connectivity index (χ1) is 9.27. The van der Waals surface area contributed by atoms with Gasteiger partial charge in [0.1, 0.15) is 0 Å². The molecule has 3 amide bonds. The summed E-state index contributed by atoms with van der Waals surface area (Å²) in [6, 6.07) is 1.68. The van der Waals surface area contributed by atoms with Crippen molar-refractivity contribution in [3.63, 3.8) is 0 Å². The van der Waals surface area contributed by atoms with Gasteiger partial charge in [0.25, 0.3) is 0 Å². The van der Waals surface area contributed by atoms with Crippen molar-refractivity contribution in [1.29, 1.82) is 0 Å². The van der Waals surface area contributed by atoms with E-state index in [-0.39, 0.29) is 11.2 Å². The summed E-state index contributed by atoms with van der Waals surface area (Å²) in [5, 5.41) is 4.36. The second-order valence-corrected chi connectivity index (χ2v) is 6.27. The molecule has 0 spiro atoms. The average molecular weight is 294 g/mol. The van der Waals surface area contributed by atoms with E-state index in [0.717, 1.165) is 4.90 Å². The summed E-state index contributed by atoms with van der Waals surface area (Å²) in [6.07, 6.45) is 0. The molecule has 1 aromatic carbocycles. The van der Waals surface area contributed by atoms with Gasteiger partial charge < -0.3 is 5.32 Å². The van der Waals surface area contributed by atoms with Gasteiger partial charge >= 0.3 is 6.03 Å². The largest absolute Gasteiger partial charge is 0.341 e. The number of carbonyl (C=O) groups is 2. The highest BCUT2D eigenvalue weighted by atomic mass is 32.2. The zero-order chi connectivity index (χ0) is 15.4. The van der Waals surface area contributed by atoms with Crippen LogP contribution in [0.25, 0.3) is 0 Å². The van der Waals surface area contributed by atoms with Crippen LogP contribution >= 0.6 is 11.8 Å². The lowest BCUT2D eigenvalue weighted by atomic mass is 10.0. The van der Waals surface area contributed by atoms with E-state index in [9.17, 15) is 9.59 Å². The fourth-order valence-corrected chi connectivity index (χ4v) is 3.06. The quantitative estimate of drug-likeness (QED) is 0.843. The van der Waals surface area contributed by atoms with Gasteiger partial charge in [0.05, 0.1) is 5.25 Å². The minimum atomic E-state index is -0.476. The van der Waals surface area contributed by atoms with Crippen molar-refractivity contribution in [2.24, 2.45) is 0 Å². The Balaban J connectivity index is 2.93. The van der Waals surface area contributed by atoms with Gasteiger partial charge in [-0.2, -0.15) is 0 Å². The molecule has 0 saturated carbocycles. The Bertz CT molecular complexity index is 515. The van der Waals surface area contributed by atoms with E-state index in [2.05, 4.69) is 44.4 Å². The number of hydrogen-bond acceptors (Lipinski definition) is 3. The van der Waals surface area contributed by atoms with Crippen LogP contribution in [0.3, 0.4) is 0 Å². The average Bonchev–Trinajstić information content (AvgIpc) is 2.40. The third-order valence-electron chi connectivity index (χ3n) is 3.42. The molecule has 0 heterocycles. The molecule has 20 heavy (non-hydrogen) atoms. The van der Waals surface area contributed by atoms with Gasteiger partial charge in [0.15, 0.2) is 0 Å². The highest BCUT2D eigenvalue weighted by Gasteiger charge is 2.19. The zero-order valence-electron chi connectivity index (χ0n) is 12.9. The molecule has 0 aliphatic rings. The molecule has 1 aromatic rings. The molecule has 2 N–H and O–H groups in total. The van der Waals surface area contributed by atoms with E-state index in [1.54, 1.807) is 6.92 Å². The van der Waals surface area contributed by atoms with Crippen LogP contribution in [0, 0.1) is 27.7 Å². The van der Waals surface area contributed by atoms with E-state index in [0.29, 0.717) is 0 Å². The molecular weight excluding hydrogens is 272 g/mol. The topological polar surface area (TPSA) is 58.2 Å². The number of imide groups is 1. The van der Waals surface area contributed by atoms with Gasteiger partial charge in [-0.3, -0.25) is 10.1 Å². The van der Waals surface area contributed by atoms with Crippen molar-refractivity contribution in [1.82, 2.24) is 10.6 Å². The Morgan fingerprint density at radius 1 is 1.10 bits per heavy atom. The highest BCUT2D eigenvalue weighted by molar-refractivity contribution is 8.00. The molecule has 0 unspecified atom stereocenters. The number of carbonyl (C=O) groups excluding carboxylic acids is 2. The van der Waals surface area contributed by atoms with E-state index in [1.807, 2.05) is 0 Å².